The van der Waals surface area contributed by atoms with Crippen molar-refractivity contribution < 1.29 is 9.47 Å². The second-order valence-corrected chi connectivity index (χ2v) is 5.80. The molecular formula is C11H21NO2S. The van der Waals surface area contributed by atoms with Gasteiger partial charge in [0.2, 0.25) is 0 Å². The van der Waals surface area contributed by atoms with Gasteiger partial charge in [-0.2, -0.15) is 11.8 Å². The zero-order valence-electron chi connectivity index (χ0n) is 9.35. The highest BCUT2D eigenvalue weighted by atomic mass is 32.2. The fourth-order valence-electron chi connectivity index (χ4n) is 2.19. The summed E-state index contributed by atoms with van der Waals surface area (Å²) in [4.78, 5) is 0. The molecule has 0 radical (unpaired) electrons. The zero-order valence-corrected chi connectivity index (χ0v) is 10.2. The van der Waals surface area contributed by atoms with Gasteiger partial charge in [0.1, 0.15) is 0 Å². The van der Waals surface area contributed by atoms with Crippen molar-refractivity contribution in [1.29, 1.82) is 0 Å². The minimum Gasteiger partial charge on any atom is -0.381 e. The summed E-state index contributed by atoms with van der Waals surface area (Å²) in [6.45, 7) is 4.83. The quantitative estimate of drug-likeness (QED) is 0.791. The highest BCUT2D eigenvalue weighted by molar-refractivity contribution is 8.00. The van der Waals surface area contributed by atoms with Crippen LogP contribution in [0.15, 0.2) is 0 Å². The standard InChI is InChI=1S/C11H21NO2S/c1-8-11(3-5-14-8)15-7-10(12)9-2-4-13-6-9/h8-11H,2-7,12H2,1H3. The summed E-state index contributed by atoms with van der Waals surface area (Å²) < 4.78 is 10.9. The summed E-state index contributed by atoms with van der Waals surface area (Å²) in [5.74, 6) is 1.63. The summed E-state index contributed by atoms with van der Waals surface area (Å²) in [7, 11) is 0. The molecule has 15 heavy (non-hydrogen) atoms. The molecule has 4 atom stereocenters. The average molecular weight is 231 g/mol. The molecule has 0 aromatic carbocycles. The van der Waals surface area contributed by atoms with E-state index < -0.39 is 0 Å². The predicted octanol–water partition coefficient (Wildman–Crippen LogP) is 1.26. The van der Waals surface area contributed by atoms with E-state index in [4.69, 9.17) is 15.2 Å². The van der Waals surface area contributed by atoms with E-state index in [1.54, 1.807) is 0 Å². The Morgan fingerprint density at radius 1 is 1.40 bits per heavy atom. The first-order chi connectivity index (χ1) is 7.27. The van der Waals surface area contributed by atoms with E-state index in [-0.39, 0.29) is 0 Å². The fraction of sp³-hybridized carbons (Fsp3) is 1.00. The van der Waals surface area contributed by atoms with Crippen molar-refractivity contribution in [3.8, 4) is 0 Å². The van der Waals surface area contributed by atoms with Crippen LogP contribution in [0.25, 0.3) is 0 Å². The molecule has 2 saturated heterocycles. The Labute approximate surface area is 96.1 Å². The van der Waals surface area contributed by atoms with Crippen molar-refractivity contribution in [2.24, 2.45) is 11.7 Å². The molecule has 0 saturated carbocycles. The third-order valence-corrected chi connectivity index (χ3v) is 5.00. The number of thioether (sulfide) groups is 1. The summed E-state index contributed by atoms with van der Waals surface area (Å²) in [6, 6.07) is 0.297. The van der Waals surface area contributed by atoms with Gasteiger partial charge in [-0.3, -0.25) is 0 Å². The molecular weight excluding hydrogens is 210 g/mol. The highest BCUT2D eigenvalue weighted by Gasteiger charge is 2.28. The summed E-state index contributed by atoms with van der Waals surface area (Å²) >= 11 is 1.98. The van der Waals surface area contributed by atoms with Crippen molar-refractivity contribution in [2.75, 3.05) is 25.6 Å². The number of hydrogen-bond acceptors (Lipinski definition) is 4. The van der Waals surface area contributed by atoms with Crippen molar-refractivity contribution in [3.63, 3.8) is 0 Å². The normalized spacial score (nSPS) is 38.4. The maximum absolute atomic E-state index is 6.16. The lowest BCUT2D eigenvalue weighted by Crippen LogP contribution is -2.34. The van der Waals surface area contributed by atoms with Crippen LogP contribution in [-0.4, -0.2) is 43.0 Å². The Morgan fingerprint density at radius 3 is 2.87 bits per heavy atom. The van der Waals surface area contributed by atoms with Crippen LogP contribution in [0.2, 0.25) is 0 Å². The molecule has 4 unspecified atom stereocenters. The van der Waals surface area contributed by atoms with Crippen molar-refractivity contribution >= 4 is 11.8 Å². The molecule has 0 aromatic heterocycles. The van der Waals surface area contributed by atoms with Gasteiger partial charge in [-0.25, -0.2) is 0 Å². The lowest BCUT2D eigenvalue weighted by molar-refractivity contribution is 0.127. The summed E-state index contributed by atoms with van der Waals surface area (Å²) in [5, 5.41) is 0.651. The molecule has 0 aliphatic carbocycles. The smallest absolute Gasteiger partial charge is 0.0666 e. The second-order valence-electron chi connectivity index (χ2n) is 4.52. The largest absolute Gasteiger partial charge is 0.381 e. The zero-order chi connectivity index (χ0) is 10.7. The first-order valence-corrected chi connectivity index (χ1v) is 6.89. The van der Waals surface area contributed by atoms with Crippen LogP contribution in [0.3, 0.4) is 0 Å². The van der Waals surface area contributed by atoms with E-state index in [2.05, 4.69) is 6.92 Å². The monoisotopic (exact) mass is 231 g/mol. The van der Waals surface area contributed by atoms with Crippen LogP contribution in [0, 0.1) is 5.92 Å². The third kappa shape index (κ3) is 3.09. The van der Waals surface area contributed by atoms with E-state index in [1.165, 1.54) is 6.42 Å². The van der Waals surface area contributed by atoms with E-state index in [1.807, 2.05) is 11.8 Å². The first kappa shape index (κ1) is 11.7. The Hall–Kier alpha value is 0.230. The SMILES string of the molecule is CC1OCCC1SCC(N)C1CCOC1. The minimum absolute atomic E-state index is 0.297. The van der Waals surface area contributed by atoms with Gasteiger partial charge in [-0.05, 0) is 19.8 Å². The van der Waals surface area contributed by atoms with Gasteiger partial charge in [0, 0.05) is 36.2 Å². The number of ether oxygens (including phenoxy) is 2. The molecule has 0 spiro atoms. The topological polar surface area (TPSA) is 44.5 Å². The molecule has 2 fully saturated rings. The fourth-order valence-corrected chi connectivity index (χ4v) is 3.55. The van der Waals surface area contributed by atoms with Gasteiger partial charge < -0.3 is 15.2 Å². The molecule has 0 aromatic rings. The molecule has 4 heteroatoms. The number of hydrogen-bond donors (Lipinski definition) is 1. The van der Waals surface area contributed by atoms with Crippen LogP contribution < -0.4 is 5.73 Å². The second kappa shape index (κ2) is 5.53. The van der Waals surface area contributed by atoms with E-state index in [0.29, 0.717) is 23.3 Å². The molecule has 0 amide bonds. The lowest BCUT2D eigenvalue weighted by atomic mass is 10.0. The Kier molecular flexibility index (Phi) is 4.31. The van der Waals surface area contributed by atoms with E-state index in [0.717, 1.165) is 32.0 Å². The van der Waals surface area contributed by atoms with Crippen molar-refractivity contribution in [3.05, 3.63) is 0 Å². The Morgan fingerprint density at radius 2 is 2.27 bits per heavy atom. The van der Waals surface area contributed by atoms with Crippen LogP contribution in [-0.2, 0) is 9.47 Å². The van der Waals surface area contributed by atoms with Crippen molar-refractivity contribution in [1.82, 2.24) is 0 Å². The van der Waals surface area contributed by atoms with E-state index >= 15 is 0 Å². The molecule has 2 aliphatic rings. The van der Waals surface area contributed by atoms with Gasteiger partial charge in [0.25, 0.3) is 0 Å². The molecule has 3 nitrogen and oxygen atoms in total. The van der Waals surface area contributed by atoms with E-state index in [9.17, 15) is 0 Å². The minimum atomic E-state index is 0.297. The van der Waals surface area contributed by atoms with Gasteiger partial charge in [0.05, 0.1) is 12.7 Å². The van der Waals surface area contributed by atoms with Gasteiger partial charge >= 0.3 is 0 Å². The van der Waals surface area contributed by atoms with Gasteiger partial charge in [0.15, 0.2) is 0 Å². The van der Waals surface area contributed by atoms with Crippen molar-refractivity contribution in [2.45, 2.75) is 37.2 Å². The maximum atomic E-state index is 6.16. The first-order valence-electron chi connectivity index (χ1n) is 5.84. The summed E-state index contributed by atoms with van der Waals surface area (Å²) in [5.41, 5.74) is 6.16. The van der Waals surface area contributed by atoms with Crippen LogP contribution >= 0.6 is 11.8 Å². The highest BCUT2D eigenvalue weighted by Crippen LogP contribution is 2.28. The lowest BCUT2D eigenvalue weighted by Gasteiger charge is -2.20. The average Bonchev–Trinajstić information content (AvgIpc) is 2.85. The molecule has 2 N–H and O–H groups in total. The molecule has 2 rings (SSSR count). The molecule has 2 heterocycles. The maximum Gasteiger partial charge on any atom is 0.0666 e. The van der Waals surface area contributed by atoms with Gasteiger partial charge in [-0.1, -0.05) is 0 Å². The number of nitrogens with two attached hydrogens (primary N) is 1. The third-order valence-electron chi connectivity index (χ3n) is 3.38. The van der Waals surface area contributed by atoms with Crippen LogP contribution in [0.1, 0.15) is 19.8 Å². The Bertz CT molecular complexity index is 197. The predicted molar refractivity (Wildman–Crippen MR) is 63.2 cm³/mol. The van der Waals surface area contributed by atoms with Crippen LogP contribution in [0.5, 0.6) is 0 Å². The molecule has 2 aliphatic heterocycles. The van der Waals surface area contributed by atoms with Gasteiger partial charge in [-0.15, -0.1) is 0 Å². The molecule has 0 bridgehead atoms. The molecule has 88 valence electrons. The summed E-state index contributed by atoms with van der Waals surface area (Å²) in [6.07, 6.45) is 2.72. The number of rotatable bonds is 4. The van der Waals surface area contributed by atoms with Crippen LogP contribution in [0.4, 0.5) is 0 Å². The Balaban J connectivity index is 1.67.